The highest BCUT2D eigenvalue weighted by Crippen LogP contribution is 2.20. The number of anilines is 2. The summed E-state index contributed by atoms with van der Waals surface area (Å²) in [7, 11) is 0. The minimum absolute atomic E-state index is 0.0324. The zero-order valence-corrected chi connectivity index (χ0v) is 18.3. The smallest absolute Gasteiger partial charge is 0.274 e. The van der Waals surface area contributed by atoms with Crippen LogP contribution in [0.4, 0.5) is 20.4 Å². The van der Waals surface area contributed by atoms with Gasteiger partial charge in [-0.15, -0.1) is 0 Å². The molecule has 4 aromatic rings. The molecule has 0 spiro atoms. The van der Waals surface area contributed by atoms with Gasteiger partial charge < -0.3 is 16.4 Å². The van der Waals surface area contributed by atoms with E-state index in [1.54, 1.807) is 12.3 Å². The number of carbonyl (C=O) groups is 1. The van der Waals surface area contributed by atoms with Gasteiger partial charge in [-0.1, -0.05) is 30.3 Å². The number of halogens is 2. The van der Waals surface area contributed by atoms with Gasteiger partial charge in [-0.25, -0.2) is 23.7 Å². The van der Waals surface area contributed by atoms with Crippen LogP contribution in [0.25, 0.3) is 11.1 Å². The van der Waals surface area contributed by atoms with Crippen molar-refractivity contribution in [3.63, 3.8) is 0 Å². The van der Waals surface area contributed by atoms with Gasteiger partial charge in [0.25, 0.3) is 5.91 Å². The minimum atomic E-state index is -1.01. The molecule has 35 heavy (non-hydrogen) atoms. The molecule has 0 saturated carbocycles. The predicted octanol–water partition coefficient (Wildman–Crippen LogP) is 3.81. The summed E-state index contributed by atoms with van der Waals surface area (Å²) in [4.78, 5) is 25.1. The van der Waals surface area contributed by atoms with Crippen LogP contribution in [0.15, 0.2) is 67.0 Å². The number of hydrogen-bond donors (Lipinski definition) is 3. The third kappa shape index (κ3) is 5.72. The maximum atomic E-state index is 13.4. The van der Waals surface area contributed by atoms with Crippen LogP contribution in [-0.2, 0) is 13.1 Å². The molecular formula is C25H19F2N7O. The van der Waals surface area contributed by atoms with Crippen LogP contribution < -0.4 is 16.4 Å². The molecule has 0 aliphatic rings. The van der Waals surface area contributed by atoms with Gasteiger partial charge in [0.1, 0.15) is 11.9 Å². The summed E-state index contributed by atoms with van der Waals surface area (Å²) in [5, 5.41) is 14.8. The lowest BCUT2D eigenvalue weighted by atomic mass is 10.1. The largest absolute Gasteiger partial charge is 0.384 e. The Morgan fingerprint density at radius 3 is 2.34 bits per heavy atom. The summed E-state index contributed by atoms with van der Waals surface area (Å²) in [6, 6.07) is 16.5. The minimum Gasteiger partial charge on any atom is -0.384 e. The second kappa shape index (κ2) is 10.4. The topological polar surface area (TPSA) is 130 Å². The van der Waals surface area contributed by atoms with Crippen molar-refractivity contribution < 1.29 is 13.6 Å². The third-order valence-electron chi connectivity index (χ3n) is 5.07. The van der Waals surface area contributed by atoms with E-state index in [-0.39, 0.29) is 23.8 Å². The molecule has 2 aromatic carbocycles. The second-order valence-corrected chi connectivity index (χ2v) is 7.52. The van der Waals surface area contributed by atoms with E-state index in [1.165, 1.54) is 12.3 Å². The van der Waals surface area contributed by atoms with Crippen molar-refractivity contribution >= 4 is 17.5 Å². The molecule has 0 aliphatic carbocycles. The molecule has 2 aromatic heterocycles. The van der Waals surface area contributed by atoms with Crippen LogP contribution in [0, 0.1) is 23.0 Å². The number of nitrogens with two attached hydrogens (primary N) is 1. The molecule has 0 bridgehead atoms. The number of nitrogen functional groups attached to an aromatic ring is 1. The quantitative estimate of drug-likeness (QED) is 0.374. The highest BCUT2D eigenvalue weighted by molar-refractivity contribution is 5.96. The Balaban J connectivity index is 1.45. The number of nitrogens with zero attached hydrogens (tertiary/aromatic N) is 4. The number of amides is 1. The first-order chi connectivity index (χ1) is 16.9. The normalized spacial score (nSPS) is 10.4. The first-order valence-electron chi connectivity index (χ1n) is 10.5. The Hall–Kier alpha value is -4.91. The van der Waals surface area contributed by atoms with Crippen molar-refractivity contribution in [2.45, 2.75) is 13.1 Å². The lowest BCUT2D eigenvalue weighted by Gasteiger charge is -2.12. The Morgan fingerprint density at radius 1 is 0.914 bits per heavy atom. The molecule has 0 atom stereocenters. The Kier molecular flexibility index (Phi) is 6.88. The van der Waals surface area contributed by atoms with E-state index in [4.69, 9.17) is 11.0 Å². The second-order valence-electron chi connectivity index (χ2n) is 7.52. The van der Waals surface area contributed by atoms with Gasteiger partial charge >= 0.3 is 0 Å². The zero-order valence-electron chi connectivity index (χ0n) is 18.3. The van der Waals surface area contributed by atoms with Crippen LogP contribution in [0.5, 0.6) is 0 Å². The summed E-state index contributed by atoms with van der Waals surface area (Å²) in [5.41, 5.74) is 8.69. The van der Waals surface area contributed by atoms with Crippen molar-refractivity contribution in [2.24, 2.45) is 0 Å². The number of nitriles is 1. The fraction of sp³-hybridized carbons (Fsp3) is 0.0800. The highest BCUT2D eigenvalue weighted by atomic mass is 19.2. The first-order valence-corrected chi connectivity index (χ1v) is 10.5. The number of aromatic nitrogens is 3. The summed E-state index contributed by atoms with van der Waals surface area (Å²) in [6.07, 6.45) is 2.95. The van der Waals surface area contributed by atoms with Crippen LogP contribution in [0.3, 0.4) is 0 Å². The molecule has 0 unspecified atom stereocenters. The molecular weight excluding hydrogens is 452 g/mol. The van der Waals surface area contributed by atoms with Crippen molar-refractivity contribution in [3.05, 3.63) is 101 Å². The average Bonchev–Trinajstić information content (AvgIpc) is 2.88. The Morgan fingerprint density at radius 2 is 1.66 bits per heavy atom. The van der Waals surface area contributed by atoms with E-state index in [0.29, 0.717) is 17.9 Å². The van der Waals surface area contributed by atoms with E-state index >= 15 is 0 Å². The monoisotopic (exact) mass is 471 g/mol. The van der Waals surface area contributed by atoms with Crippen LogP contribution in [0.1, 0.15) is 27.3 Å². The molecule has 1 amide bonds. The van der Waals surface area contributed by atoms with Crippen LogP contribution in [-0.4, -0.2) is 20.9 Å². The van der Waals surface area contributed by atoms with E-state index < -0.39 is 17.5 Å². The standard InChI is InChI=1S/C25H19F2N7O/c26-20-7-3-16(9-21(20)27)12-33-25(35)23-24(32-14-19(10-28)34-23)31-11-15-1-4-17(5-2-15)18-6-8-22(29)30-13-18/h1-9,13-14H,11-12H2,(H2,29,30)(H,31,32)(H,33,35). The van der Waals surface area contributed by atoms with E-state index in [9.17, 15) is 13.6 Å². The lowest BCUT2D eigenvalue weighted by molar-refractivity contribution is 0.0946. The van der Waals surface area contributed by atoms with Crippen molar-refractivity contribution in [3.8, 4) is 17.2 Å². The van der Waals surface area contributed by atoms with E-state index in [0.717, 1.165) is 28.8 Å². The fourth-order valence-electron chi connectivity index (χ4n) is 3.22. The van der Waals surface area contributed by atoms with Crippen LogP contribution in [0.2, 0.25) is 0 Å². The average molecular weight is 471 g/mol. The SMILES string of the molecule is N#Cc1cnc(NCc2ccc(-c3ccc(N)nc3)cc2)c(C(=O)NCc2ccc(F)c(F)c2)n1. The summed E-state index contributed by atoms with van der Waals surface area (Å²) < 4.78 is 26.5. The molecule has 174 valence electrons. The van der Waals surface area contributed by atoms with Gasteiger partial charge in [0.15, 0.2) is 28.8 Å². The van der Waals surface area contributed by atoms with Crippen molar-refractivity contribution in [1.82, 2.24) is 20.3 Å². The van der Waals surface area contributed by atoms with Gasteiger partial charge in [0.05, 0.1) is 6.20 Å². The molecule has 0 aliphatic heterocycles. The number of hydrogen-bond acceptors (Lipinski definition) is 7. The number of benzene rings is 2. The predicted molar refractivity (Wildman–Crippen MR) is 126 cm³/mol. The van der Waals surface area contributed by atoms with Gasteiger partial charge in [-0.2, -0.15) is 5.26 Å². The molecule has 4 N–H and O–H groups in total. The third-order valence-corrected chi connectivity index (χ3v) is 5.07. The molecule has 2 heterocycles. The van der Waals surface area contributed by atoms with Crippen LogP contribution >= 0.6 is 0 Å². The van der Waals surface area contributed by atoms with Crippen molar-refractivity contribution in [2.75, 3.05) is 11.1 Å². The molecule has 0 saturated heterocycles. The van der Waals surface area contributed by atoms with E-state index in [2.05, 4.69) is 25.6 Å². The summed E-state index contributed by atoms with van der Waals surface area (Å²) in [5.74, 6) is -1.98. The first kappa shape index (κ1) is 23.3. The zero-order chi connectivity index (χ0) is 24.8. The van der Waals surface area contributed by atoms with Gasteiger partial charge in [0, 0.05) is 24.8 Å². The van der Waals surface area contributed by atoms with Crippen molar-refractivity contribution in [1.29, 1.82) is 5.26 Å². The maximum absolute atomic E-state index is 13.4. The Labute approximate surface area is 199 Å². The highest BCUT2D eigenvalue weighted by Gasteiger charge is 2.16. The van der Waals surface area contributed by atoms with E-state index in [1.807, 2.05) is 36.4 Å². The molecule has 0 fully saturated rings. The number of pyridine rings is 1. The number of rotatable bonds is 7. The van der Waals surface area contributed by atoms with Gasteiger partial charge in [-0.05, 0) is 41.0 Å². The molecule has 10 heteroatoms. The van der Waals surface area contributed by atoms with Gasteiger partial charge in [0.2, 0.25) is 0 Å². The fourth-order valence-corrected chi connectivity index (χ4v) is 3.22. The number of nitrogens with one attached hydrogen (secondary N) is 2. The Bertz CT molecular complexity index is 1400. The van der Waals surface area contributed by atoms with Gasteiger partial charge in [-0.3, -0.25) is 4.79 Å². The molecule has 0 radical (unpaired) electrons. The maximum Gasteiger partial charge on any atom is 0.274 e. The summed E-state index contributed by atoms with van der Waals surface area (Å²) >= 11 is 0. The lowest BCUT2D eigenvalue weighted by Crippen LogP contribution is -2.26. The molecule has 4 rings (SSSR count). The summed E-state index contributed by atoms with van der Waals surface area (Å²) in [6.45, 7) is 0.277. The molecule has 8 nitrogen and oxygen atoms in total. The number of carbonyl (C=O) groups excluding carboxylic acids is 1.